The largest absolute Gasteiger partial charge is 0.398 e. The van der Waals surface area contributed by atoms with Crippen LogP contribution in [0.5, 0.6) is 0 Å². The fourth-order valence-electron chi connectivity index (χ4n) is 8.65. The van der Waals surface area contributed by atoms with E-state index in [2.05, 4.69) is 197 Å². The molecule has 5 aromatic rings. The molecule has 0 aliphatic heterocycles. The SMILES string of the molecule is CC(C)(C)c1ccc(C/C=C(\C(N)=C(/CCC2CCCCC2)c2[nH]c(-c3ccc(C(C)(C)C)cc3)cc2-c2ccc(C(C)(C)C)cc2)c2ccc(C(C)(C)C)cc2)cc1. The number of hydrogen-bond acceptors (Lipinski definition) is 1. The Kier molecular flexibility index (Phi) is 13.1. The Morgan fingerprint density at radius 2 is 1.02 bits per heavy atom. The van der Waals surface area contributed by atoms with Crippen LogP contribution in [0.2, 0.25) is 0 Å². The maximum absolute atomic E-state index is 7.75. The molecule has 1 aromatic heterocycles. The zero-order valence-corrected chi connectivity index (χ0v) is 38.7. The first kappa shape index (κ1) is 44.0. The quantitative estimate of drug-likeness (QED) is 0.136. The summed E-state index contributed by atoms with van der Waals surface area (Å²) in [4.78, 5) is 4.03. The van der Waals surface area contributed by atoms with Crippen molar-refractivity contribution in [1.29, 1.82) is 0 Å². The van der Waals surface area contributed by atoms with Crippen molar-refractivity contribution in [1.82, 2.24) is 4.98 Å². The maximum atomic E-state index is 7.75. The Morgan fingerprint density at radius 1 is 0.576 bits per heavy atom. The first-order valence-electron chi connectivity index (χ1n) is 22.5. The van der Waals surface area contributed by atoms with Gasteiger partial charge >= 0.3 is 0 Å². The van der Waals surface area contributed by atoms with Crippen molar-refractivity contribution in [2.75, 3.05) is 0 Å². The molecule has 0 radical (unpaired) electrons. The van der Waals surface area contributed by atoms with Gasteiger partial charge < -0.3 is 10.7 Å². The molecule has 0 unspecified atom stereocenters. The van der Waals surface area contributed by atoms with Crippen LogP contribution in [0.15, 0.2) is 115 Å². The summed E-state index contributed by atoms with van der Waals surface area (Å²) in [5.41, 5.74) is 25.0. The van der Waals surface area contributed by atoms with Gasteiger partial charge in [-0.15, -0.1) is 0 Å². The fraction of sp³-hybridized carbons (Fsp3) is 0.439. The summed E-state index contributed by atoms with van der Waals surface area (Å²) in [7, 11) is 0. The number of rotatable bonds is 10. The van der Waals surface area contributed by atoms with E-state index in [4.69, 9.17) is 5.73 Å². The van der Waals surface area contributed by atoms with Crippen molar-refractivity contribution >= 4 is 11.1 Å². The summed E-state index contributed by atoms with van der Waals surface area (Å²) in [6.07, 6.45) is 11.9. The summed E-state index contributed by atoms with van der Waals surface area (Å²) in [5, 5.41) is 0. The molecule has 0 amide bonds. The van der Waals surface area contributed by atoms with Crippen LogP contribution in [0.1, 0.15) is 167 Å². The van der Waals surface area contributed by atoms with Gasteiger partial charge in [0, 0.05) is 22.5 Å². The van der Waals surface area contributed by atoms with Crippen LogP contribution >= 0.6 is 0 Å². The Balaban J connectivity index is 1.56. The third-order valence-corrected chi connectivity index (χ3v) is 12.8. The zero-order valence-electron chi connectivity index (χ0n) is 38.7. The van der Waals surface area contributed by atoms with Gasteiger partial charge in [0.25, 0.3) is 0 Å². The van der Waals surface area contributed by atoms with Crippen LogP contribution in [0.3, 0.4) is 0 Å². The summed E-state index contributed by atoms with van der Waals surface area (Å²) in [5.74, 6) is 0.722. The molecule has 0 saturated heterocycles. The number of aromatic nitrogens is 1. The normalized spacial score (nSPS) is 15.4. The van der Waals surface area contributed by atoms with Crippen LogP contribution in [0.4, 0.5) is 0 Å². The van der Waals surface area contributed by atoms with Crippen molar-refractivity contribution in [3.8, 4) is 22.4 Å². The van der Waals surface area contributed by atoms with Gasteiger partial charge in [0.15, 0.2) is 0 Å². The monoisotopic (exact) mass is 787 g/mol. The van der Waals surface area contributed by atoms with E-state index >= 15 is 0 Å². The number of H-pyrrole nitrogens is 1. The molecule has 1 saturated carbocycles. The average molecular weight is 787 g/mol. The molecule has 2 nitrogen and oxygen atoms in total. The molecular weight excluding hydrogens is 713 g/mol. The number of nitrogens with two attached hydrogens (primary N) is 1. The molecular formula is C57H74N2. The molecule has 1 aliphatic carbocycles. The lowest BCUT2D eigenvalue weighted by Crippen LogP contribution is -2.12. The third kappa shape index (κ3) is 11.0. The lowest BCUT2D eigenvalue weighted by molar-refractivity contribution is 0.342. The number of nitrogens with one attached hydrogen (secondary N) is 1. The smallest absolute Gasteiger partial charge is 0.0518 e. The topological polar surface area (TPSA) is 41.8 Å². The van der Waals surface area contributed by atoms with Gasteiger partial charge in [-0.05, 0) is 103 Å². The van der Waals surface area contributed by atoms with Gasteiger partial charge in [-0.1, -0.05) is 218 Å². The zero-order chi connectivity index (χ0) is 42.8. The first-order chi connectivity index (χ1) is 27.7. The fourth-order valence-corrected chi connectivity index (χ4v) is 8.65. The molecule has 0 spiro atoms. The Bertz CT molecular complexity index is 2200. The standard InChI is InChI=1S/C57H74N2/c1-54(2,3)44-28-18-40(19-29-44)20-36-48(41-22-30-45(31-23-41)55(4,5)6)52(58)49(37-21-39-16-14-13-15-17-39)53-50(42-24-32-46(33-25-42)56(7,8)9)38-51(59-53)43-26-34-47(35-27-43)57(10,11)12/h18-19,22-36,38-39,59H,13-17,20-21,37,58H2,1-12H3/b48-36-,52-49-. The van der Waals surface area contributed by atoms with E-state index in [1.165, 1.54) is 82.2 Å². The number of aromatic amines is 1. The van der Waals surface area contributed by atoms with Crippen molar-refractivity contribution in [2.45, 2.75) is 156 Å². The van der Waals surface area contributed by atoms with E-state index in [9.17, 15) is 0 Å². The molecule has 2 heteroatoms. The van der Waals surface area contributed by atoms with Crippen molar-refractivity contribution < 1.29 is 0 Å². The van der Waals surface area contributed by atoms with Gasteiger partial charge in [-0.25, -0.2) is 0 Å². The lowest BCUT2D eigenvalue weighted by Gasteiger charge is -2.24. The van der Waals surface area contributed by atoms with E-state index in [0.717, 1.165) is 53.4 Å². The highest BCUT2D eigenvalue weighted by atomic mass is 14.8. The average Bonchev–Trinajstić information content (AvgIpc) is 3.63. The second kappa shape index (κ2) is 17.6. The minimum atomic E-state index is 0.0624. The molecule has 1 fully saturated rings. The second-order valence-electron chi connectivity index (χ2n) is 21.7. The third-order valence-electron chi connectivity index (χ3n) is 12.8. The van der Waals surface area contributed by atoms with Gasteiger partial charge in [0.1, 0.15) is 0 Å². The predicted octanol–water partition coefficient (Wildman–Crippen LogP) is 15.9. The molecule has 6 rings (SSSR count). The number of hydrogen-bond donors (Lipinski definition) is 2. The van der Waals surface area contributed by atoms with Crippen LogP contribution < -0.4 is 5.73 Å². The summed E-state index contributed by atoms with van der Waals surface area (Å²) < 4.78 is 0. The molecule has 0 bridgehead atoms. The molecule has 1 aliphatic rings. The van der Waals surface area contributed by atoms with Gasteiger partial charge in [0.05, 0.1) is 5.69 Å². The van der Waals surface area contributed by atoms with Gasteiger partial charge in [-0.2, -0.15) is 0 Å². The van der Waals surface area contributed by atoms with E-state index in [-0.39, 0.29) is 21.7 Å². The highest BCUT2D eigenvalue weighted by Gasteiger charge is 2.24. The lowest BCUT2D eigenvalue weighted by atomic mass is 9.82. The maximum Gasteiger partial charge on any atom is 0.0518 e. The molecule has 312 valence electrons. The molecule has 4 aromatic carbocycles. The van der Waals surface area contributed by atoms with E-state index < -0.39 is 0 Å². The number of benzene rings is 4. The molecule has 59 heavy (non-hydrogen) atoms. The van der Waals surface area contributed by atoms with E-state index in [1.807, 2.05) is 0 Å². The molecule has 3 N–H and O–H groups in total. The minimum absolute atomic E-state index is 0.0624. The van der Waals surface area contributed by atoms with Crippen molar-refractivity contribution in [3.63, 3.8) is 0 Å². The second-order valence-corrected chi connectivity index (χ2v) is 21.7. The van der Waals surface area contributed by atoms with E-state index in [1.54, 1.807) is 0 Å². The highest BCUT2D eigenvalue weighted by molar-refractivity contribution is 5.93. The summed E-state index contributed by atoms with van der Waals surface area (Å²) in [6.45, 7) is 27.4. The molecule has 1 heterocycles. The summed E-state index contributed by atoms with van der Waals surface area (Å²) >= 11 is 0. The van der Waals surface area contributed by atoms with Crippen LogP contribution in [-0.2, 0) is 28.1 Å². The first-order valence-corrected chi connectivity index (χ1v) is 22.5. The van der Waals surface area contributed by atoms with Gasteiger partial charge in [-0.3, -0.25) is 0 Å². The Hall–Kier alpha value is -4.56. The highest BCUT2D eigenvalue weighted by Crippen LogP contribution is 2.41. The number of allylic oxidation sites excluding steroid dienone is 3. The van der Waals surface area contributed by atoms with E-state index in [0.29, 0.717) is 0 Å². The molecule has 0 atom stereocenters. The summed E-state index contributed by atoms with van der Waals surface area (Å²) in [6, 6.07) is 39.1. The van der Waals surface area contributed by atoms with Crippen LogP contribution in [-0.4, -0.2) is 4.98 Å². The van der Waals surface area contributed by atoms with Crippen molar-refractivity contribution in [2.24, 2.45) is 11.7 Å². The van der Waals surface area contributed by atoms with Crippen LogP contribution in [0, 0.1) is 5.92 Å². The Labute approximate surface area is 358 Å². The Morgan fingerprint density at radius 3 is 1.49 bits per heavy atom. The van der Waals surface area contributed by atoms with Crippen molar-refractivity contribution in [3.05, 3.63) is 154 Å². The minimum Gasteiger partial charge on any atom is -0.398 e. The van der Waals surface area contributed by atoms with Gasteiger partial charge in [0.2, 0.25) is 0 Å². The van der Waals surface area contributed by atoms with Crippen LogP contribution in [0.25, 0.3) is 33.5 Å². The predicted molar refractivity (Wildman–Crippen MR) is 258 cm³/mol.